The molecular weight excluding hydrogens is 269 g/mol. The molecule has 1 aromatic carbocycles. The van der Waals surface area contributed by atoms with E-state index in [1.165, 1.54) is 18.9 Å². The molecule has 1 aliphatic rings. The van der Waals surface area contributed by atoms with Gasteiger partial charge >= 0.3 is 0 Å². The van der Waals surface area contributed by atoms with E-state index in [-0.39, 0.29) is 11.9 Å². The fourth-order valence-electron chi connectivity index (χ4n) is 2.12. The van der Waals surface area contributed by atoms with E-state index in [4.69, 9.17) is 5.73 Å². The molecule has 16 heavy (non-hydrogen) atoms. The van der Waals surface area contributed by atoms with Gasteiger partial charge in [0.15, 0.2) is 0 Å². The quantitative estimate of drug-likeness (QED) is 0.900. The van der Waals surface area contributed by atoms with E-state index in [0.717, 1.165) is 17.9 Å². The summed E-state index contributed by atoms with van der Waals surface area (Å²) in [5, 5.41) is 0. The lowest BCUT2D eigenvalue weighted by molar-refractivity contribution is 0.403. The topological polar surface area (TPSA) is 26.0 Å². The van der Waals surface area contributed by atoms with Crippen molar-refractivity contribution in [2.75, 3.05) is 0 Å². The number of hydrogen-bond donors (Lipinski definition) is 1. The first-order valence-electron chi connectivity index (χ1n) is 5.78. The Morgan fingerprint density at radius 2 is 2.19 bits per heavy atom. The fraction of sp³-hybridized carbons (Fsp3) is 0.538. The second-order valence-corrected chi connectivity index (χ2v) is 5.57. The minimum absolute atomic E-state index is 0.130. The summed E-state index contributed by atoms with van der Waals surface area (Å²) in [5.41, 5.74) is 7.14. The second kappa shape index (κ2) is 4.84. The predicted molar refractivity (Wildman–Crippen MR) is 67.7 cm³/mol. The number of rotatable bonds is 4. The maximum atomic E-state index is 13.3. The van der Waals surface area contributed by atoms with Crippen LogP contribution in [0.5, 0.6) is 0 Å². The molecule has 0 saturated heterocycles. The molecule has 1 aromatic rings. The lowest BCUT2D eigenvalue weighted by Crippen LogP contribution is -2.31. The Morgan fingerprint density at radius 1 is 1.50 bits per heavy atom. The highest BCUT2D eigenvalue weighted by Crippen LogP contribution is 2.38. The van der Waals surface area contributed by atoms with Gasteiger partial charge in [-0.25, -0.2) is 4.39 Å². The smallest absolute Gasteiger partial charge is 0.137 e. The van der Waals surface area contributed by atoms with Crippen LogP contribution in [0.2, 0.25) is 0 Å². The fourth-order valence-corrected chi connectivity index (χ4v) is 2.54. The summed E-state index contributed by atoms with van der Waals surface area (Å²) >= 11 is 3.28. The van der Waals surface area contributed by atoms with Crippen molar-refractivity contribution in [1.29, 1.82) is 0 Å². The molecule has 3 heteroatoms. The summed E-state index contributed by atoms with van der Waals surface area (Å²) in [6.45, 7) is 2.20. The molecule has 1 nitrogen and oxygen atoms in total. The first-order chi connectivity index (χ1) is 7.59. The summed E-state index contributed by atoms with van der Waals surface area (Å²) in [4.78, 5) is 0. The second-order valence-electron chi connectivity index (χ2n) is 4.78. The molecule has 1 saturated carbocycles. The standard InChI is InChI=1S/C13H17BrFN/c1-8(9-5-6-9)12(16)7-10-3-2-4-11(15)13(10)14/h2-4,8-9,12H,5-7,16H2,1H3. The third kappa shape index (κ3) is 2.64. The lowest BCUT2D eigenvalue weighted by atomic mass is 9.92. The van der Waals surface area contributed by atoms with Gasteiger partial charge in [0.2, 0.25) is 0 Å². The minimum atomic E-state index is -0.205. The SMILES string of the molecule is CC(C(N)Cc1cccc(F)c1Br)C1CC1. The van der Waals surface area contributed by atoms with Crippen molar-refractivity contribution < 1.29 is 4.39 Å². The zero-order valence-corrected chi connectivity index (χ0v) is 11.0. The zero-order valence-electron chi connectivity index (χ0n) is 9.42. The highest BCUT2D eigenvalue weighted by molar-refractivity contribution is 9.10. The van der Waals surface area contributed by atoms with Gasteiger partial charge in [-0.3, -0.25) is 0 Å². The Bertz CT molecular complexity index is 376. The van der Waals surface area contributed by atoms with E-state index in [1.807, 2.05) is 6.07 Å². The minimum Gasteiger partial charge on any atom is -0.327 e. The Morgan fingerprint density at radius 3 is 2.81 bits per heavy atom. The number of nitrogens with two attached hydrogens (primary N) is 1. The first-order valence-corrected chi connectivity index (χ1v) is 6.57. The highest BCUT2D eigenvalue weighted by Gasteiger charge is 2.31. The molecule has 0 radical (unpaired) electrons. The van der Waals surface area contributed by atoms with Gasteiger partial charge < -0.3 is 5.73 Å². The van der Waals surface area contributed by atoms with E-state index in [2.05, 4.69) is 22.9 Å². The van der Waals surface area contributed by atoms with Crippen molar-refractivity contribution in [3.8, 4) is 0 Å². The molecule has 1 aliphatic carbocycles. The van der Waals surface area contributed by atoms with Gasteiger partial charge in [-0.1, -0.05) is 19.1 Å². The number of hydrogen-bond acceptors (Lipinski definition) is 1. The summed E-state index contributed by atoms with van der Waals surface area (Å²) < 4.78 is 13.9. The molecule has 2 N–H and O–H groups in total. The average molecular weight is 286 g/mol. The third-order valence-corrected chi connectivity index (χ3v) is 4.42. The highest BCUT2D eigenvalue weighted by atomic mass is 79.9. The van der Waals surface area contributed by atoms with Gasteiger partial charge in [0, 0.05) is 6.04 Å². The van der Waals surface area contributed by atoms with E-state index in [1.54, 1.807) is 6.07 Å². The molecule has 2 atom stereocenters. The monoisotopic (exact) mass is 285 g/mol. The van der Waals surface area contributed by atoms with Crippen molar-refractivity contribution in [1.82, 2.24) is 0 Å². The maximum absolute atomic E-state index is 13.3. The van der Waals surface area contributed by atoms with E-state index in [9.17, 15) is 4.39 Å². The number of halogens is 2. The molecule has 88 valence electrons. The van der Waals surface area contributed by atoms with Crippen LogP contribution in [0.1, 0.15) is 25.3 Å². The predicted octanol–water partition coefficient (Wildman–Crippen LogP) is 3.50. The summed E-state index contributed by atoms with van der Waals surface area (Å²) in [6.07, 6.45) is 3.36. The summed E-state index contributed by atoms with van der Waals surface area (Å²) in [7, 11) is 0. The normalized spacial score (nSPS) is 19.5. The molecule has 0 aromatic heterocycles. The maximum Gasteiger partial charge on any atom is 0.137 e. The Labute approximate surface area is 104 Å². The van der Waals surface area contributed by atoms with Gasteiger partial charge in [0.1, 0.15) is 5.82 Å². The van der Waals surface area contributed by atoms with E-state index >= 15 is 0 Å². The van der Waals surface area contributed by atoms with Gasteiger partial charge in [-0.15, -0.1) is 0 Å². The number of benzene rings is 1. The molecule has 0 amide bonds. The summed E-state index contributed by atoms with van der Waals surface area (Å²) in [6, 6.07) is 5.27. The van der Waals surface area contributed by atoms with Crippen LogP contribution < -0.4 is 5.73 Å². The van der Waals surface area contributed by atoms with Crippen LogP contribution in [0.3, 0.4) is 0 Å². The van der Waals surface area contributed by atoms with Crippen LogP contribution in [0.4, 0.5) is 4.39 Å². The van der Waals surface area contributed by atoms with Crippen LogP contribution in [-0.2, 0) is 6.42 Å². The van der Waals surface area contributed by atoms with Crippen molar-refractivity contribution in [3.63, 3.8) is 0 Å². The van der Waals surface area contributed by atoms with E-state index < -0.39 is 0 Å². The molecule has 0 heterocycles. The van der Waals surface area contributed by atoms with Crippen molar-refractivity contribution >= 4 is 15.9 Å². The van der Waals surface area contributed by atoms with Crippen LogP contribution in [0, 0.1) is 17.7 Å². The Balaban J connectivity index is 2.05. The van der Waals surface area contributed by atoms with Crippen LogP contribution in [0.25, 0.3) is 0 Å². The Hall–Kier alpha value is -0.410. The van der Waals surface area contributed by atoms with Gasteiger partial charge in [-0.05, 0) is 58.7 Å². The first kappa shape index (κ1) is 12.1. The van der Waals surface area contributed by atoms with Gasteiger partial charge in [0.05, 0.1) is 4.47 Å². The Kier molecular flexibility index (Phi) is 3.65. The molecule has 0 aliphatic heterocycles. The van der Waals surface area contributed by atoms with Crippen molar-refractivity contribution in [2.45, 2.75) is 32.2 Å². The van der Waals surface area contributed by atoms with Gasteiger partial charge in [-0.2, -0.15) is 0 Å². The molecule has 2 unspecified atom stereocenters. The largest absolute Gasteiger partial charge is 0.327 e. The van der Waals surface area contributed by atoms with E-state index in [0.29, 0.717) is 10.4 Å². The molecule has 0 spiro atoms. The molecule has 1 fully saturated rings. The zero-order chi connectivity index (χ0) is 11.7. The van der Waals surface area contributed by atoms with Crippen molar-refractivity contribution in [2.24, 2.45) is 17.6 Å². The average Bonchev–Trinajstić information content (AvgIpc) is 3.07. The molecule has 0 bridgehead atoms. The van der Waals surface area contributed by atoms with Crippen LogP contribution in [0.15, 0.2) is 22.7 Å². The van der Waals surface area contributed by atoms with Gasteiger partial charge in [0.25, 0.3) is 0 Å². The lowest BCUT2D eigenvalue weighted by Gasteiger charge is -2.20. The molecular formula is C13H17BrFN. The summed E-state index contributed by atoms with van der Waals surface area (Å²) in [5.74, 6) is 1.13. The van der Waals surface area contributed by atoms with Crippen LogP contribution in [-0.4, -0.2) is 6.04 Å². The van der Waals surface area contributed by atoms with Crippen LogP contribution >= 0.6 is 15.9 Å². The third-order valence-electron chi connectivity index (χ3n) is 3.53. The molecule has 2 rings (SSSR count). The van der Waals surface area contributed by atoms with Crippen molar-refractivity contribution in [3.05, 3.63) is 34.1 Å².